The van der Waals surface area contributed by atoms with Gasteiger partial charge in [0.2, 0.25) is 0 Å². The third kappa shape index (κ3) is 2.84. The van der Waals surface area contributed by atoms with E-state index in [4.69, 9.17) is 0 Å². The second-order valence-corrected chi connectivity index (χ2v) is 6.65. The first kappa shape index (κ1) is 14.3. The van der Waals surface area contributed by atoms with Gasteiger partial charge in [-0.2, -0.15) is 0 Å². The lowest BCUT2D eigenvalue weighted by Gasteiger charge is -2.27. The van der Waals surface area contributed by atoms with Crippen molar-refractivity contribution in [3.63, 3.8) is 0 Å². The highest BCUT2D eigenvalue weighted by atomic mass is 79.9. The van der Waals surface area contributed by atoms with E-state index in [2.05, 4.69) is 105 Å². The molecule has 4 rings (SSSR count). The van der Waals surface area contributed by atoms with Gasteiger partial charge in [0.1, 0.15) is 6.17 Å². The van der Waals surface area contributed by atoms with E-state index in [-0.39, 0.29) is 6.17 Å². The van der Waals surface area contributed by atoms with Crippen LogP contribution in [0.25, 0.3) is 0 Å². The van der Waals surface area contributed by atoms with Gasteiger partial charge in [0.25, 0.3) is 0 Å². The van der Waals surface area contributed by atoms with Gasteiger partial charge in [-0.25, -0.2) is 0 Å². The van der Waals surface area contributed by atoms with Crippen LogP contribution in [0.1, 0.15) is 17.3 Å². The van der Waals surface area contributed by atoms with Crippen LogP contribution in [0.3, 0.4) is 0 Å². The molecule has 0 aromatic heterocycles. The maximum Gasteiger partial charge on any atom is 0.126 e. The Labute approximate surface area is 144 Å². The van der Waals surface area contributed by atoms with Crippen molar-refractivity contribution in [1.82, 2.24) is 0 Å². The first-order valence-corrected chi connectivity index (χ1v) is 8.52. The molecule has 0 spiro atoms. The van der Waals surface area contributed by atoms with Gasteiger partial charge in [-0.15, -0.1) is 0 Å². The Kier molecular flexibility index (Phi) is 3.80. The summed E-state index contributed by atoms with van der Waals surface area (Å²) >= 11 is 3.57. The normalized spacial score (nSPS) is 16.0. The topological polar surface area (TPSA) is 15.3 Å². The Morgan fingerprint density at radius 2 is 1.57 bits per heavy atom. The summed E-state index contributed by atoms with van der Waals surface area (Å²) in [6, 6.07) is 27.6. The van der Waals surface area contributed by atoms with Crippen molar-refractivity contribution in [3.8, 4) is 0 Å². The number of rotatable bonds is 3. The first-order chi connectivity index (χ1) is 11.3. The highest BCUT2D eigenvalue weighted by molar-refractivity contribution is 9.10. The molecular formula is C20H17BrN2. The average Bonchev–Trinajstić information content (AvgIpc) is 2.94. The minimum atomic E-state index is 0.153. The summed E-state index contributed by atoms with van der Waals surface area (Å²) in [5.41, 5.74) is 5.00. The van der Waals surface area contributed by atoms with Gasteiger partial charge in [-0.3, -0.25) is 0 Å². The second kappa shape index (κ2) is 6.09. The molecule has 1 aliphatic heterocycles. The Morgan fingerprint density at radius 3 is 2.30 bits per heavy atom. The molecule has 3 aromatic carbocycles. The molecule has 0 radical (unpaired) electrons. The molecule has 1 N–H and O–H groups in total. The van der Waals surface area contributed by atoms with E-state index in [0.29, 0.717) is 0 Å². The summed E-state index contributed by atoms with van der Waals surface area (Å²) in [6.45, 7) is 0.877. The molecule has 3 aromatic rings. The predicted octanol–water partition coefficient (Wildman–Crippen LogP) is 5.58. The molecule has 0 aliphatic carbocycles. The Morgan fingerprint density at radius 1 is 0.870 bits per heavy atom. The van der Waals surface area contributed by atoms with Gasteiger partial charge >= 0.3 is 0 Å². The van der Waals surface area contributed by atoms with E-state index >= 15 is 0 Å². The quantitative estimate of drug-likeness (QED) is 0.652. The summed E-state index contributed by atoms with van der Waals surface area (Å²) in [6.07, 6.45) is 0.153. The Balaban J connectivity index is 1.74. The van der Waals surface area contributed by atoms with E-state index in [1.165, 1.54) is 22.5 Å². The number of nitrogens with one attached hydrogen (secondary N) is 1. The van der Waals surface area contributed by atoms with Crippen molar-refractivity contribution in [2.75, 3.05) is 10.2 Å². The highest BCUT2D eigenvalue weighted by Gasteiger charge is 2.29. The predicted molar refractivity (Wildman–Crippen MR) is 99.6 cm³/mol. The van der Waals surface area contributed by atoms with E-state index in [1.807, 2.05) is 0 Å². The van der Waals surface area contributed by atoms with Gasteiger partial charge < -0.3 is 10.2 Å². The maximum atomic E-state index is 3.66. The van der Waals surface area contributed by atoms with Crippen LogP contribution in [0.2, 0.25) is 0 Å². The van der Waals surface area contributed by atoms with E-state index in [9.17, 15) is 0 Å². The lowest BCUT2D eigenvalue weighted by atomic mass is 10.1. The number of benzene rings is 3. The van der Waals surface area contributed by atoms with E-state index in [1.54, 1.807) is 0 Å². The van der Waals surface area contributed by atoms with Crippen LogP contribution in [0.15, 0.2) is 83.3 Å². The fourth-order valence-corrected chi connectivity index (χ4v) is 3.45. The molecule has 23 heavy (non-hydrogen) atoms. The van der Waals surface area contributed by atoms with Crippen LogP contribution in [-0.2, 0) is 6.54 Å². The van der Waals surface area contributed by atoms with Crippen LogP contribution < -0.4 is 10.2 Å². The average molecular weight is 365 g/mol. The molecule has 1 heterocycles. The molecule has 0 saturated carbocycles. The number of halogens is 1. The zero-order valence-electron chi connectivity index (χ0n) is 12.6. The van der Waals surface area contributed by atoms with E-state index in [0.717, 1.165) is 11.0 Å². The van der Waals surface area contributed by atoms with Crippen molar-refractivity contribution in [2.24, 2.45) is 0 Å². The van der Waals surface area contributed by atoms with Gasteiger partial charge in [0.15, 0.2) is 0 Å². The van der Waals surface area contributed by atoms with Crippen LogP contribution in [-0.4, -0.2) is 0 Å². The van der Waals surface area contributed by atoms with Crippen LogP contribution in [0.5, 0.6) is 0 Å². The lowest BCUT2D eigenvalue weighted by Crippen LogP contribution is -2.27. The molecular weight excluding hydrogens is 348 g/mol. The lowest BCUT2D eigenvalue weighted by molar-refractivity contribution is 0.712. The SMILES string of the molecule is Brc1ccc2c(c1)NC(c1ccccc1)N2Cc1ccccc1. The number of hydrogen-bond donors (Lipinski definition) is 1. The fraction of sp³-hybridized carbons (Fsp3) is 0.100. The third-order valence-electron chi connectivity index (χ3n) is 4.18. The number of anilines is 2. The van der Waals surface area contributed by atoms with Gasteiger partial charge in [0.05, 0.1) is 11.4 Å². The Bertz CT molecular complexity index is 802. The van der Waals surface area contributed by atoms with E-state index < -0.39 is 0 Å². The first-order valence-electron chi connectivity index (χ1n) is 7.73. The summed E-state index contributed by atoms with van der Waals surface area (Å²) in [5.74, 6) is 0. The molecule has 0 bridgehead atoms. The van der Waals surface area contributed by atoms with Crippen molar-refractivity contribution in [1.29, 1.82) is 0 Å². The van der Waals surface area contributed by atoms with Crippen molar-refractivity contribution in [2.45, 2.75) is 12.7 Å². The van der Waals surface area contributed by atoms with Crippen LogP contribution >= 0.6 is 15.9 Å². The fourth-order valence-electron chi connectivity index (χ4n) is 3.09. The largest absolute Gasteiger partial charge is 0.360 e. The molecule has 0 amide bonds. The van der Waals surface area contributed by atoms with Gasteiger partial charge in [-0.1, -0.05) is 76.6 Å². The molecule has 1 atom stereocenters. The summed E-state index contributed by atoms with van der Waals surface area (Å²) in [4.78, 5) is 2.42. The van der Waals surface area contributed by atoms with Crippen molar-refractivity contribution < 1.29 is 0 Å². The monoisotopic (exact) mass is 364 g/mol. The van der Waals surface area contributed by atoms with Crippen molar-refractivity contribution >= 4 is 27.3 Å². The molecule has 3 heteroatoms. The minimum absolute atomic E-state index is 0.153. The molecule has 1 aliphatic rings. The molecule has 0 fully saturated rings. The summed E-state index contributed by atoms with van der Waals surface area (Å²) in [7, 11) is 0. The standard InChI is InChI=1S/C20H17BrN2/c21-17-11-12-19-18(13-17)22-20(16-9-5-2-6-10-16)23(19)14-15-7-3-1-4-8-15/h1-13,20,22H,14H2. The van der Waals surface area contributed by atoms with Crippen molar-refractivity contribution in [3.05, 3.63) is 94.5 Å². The summed E-state index contributed by atoms with van der Waals surface area (Å²) in [5, 5.41) is 3.66. The maximum absolute atomic E-state index is 3.66. The Hall–Kier alpha value is -2.26. The van der Waals surface area contributed by atoms with Crippen LogP contribution in [0.4, 0.5) is 11.4 Å². The van der Waals surface area contributed by atoms with Crippen LogP contribution in [0, 0.1) is 0 Å². The molecule has 0 saturated heterocycles. The molecule has 114 valence electrons. The molecule has 1 unspecified atom stereocenters. The molecule has 2 nitrogen and oxygen atoms in total. The van der Waals surface area contributed by atoms with Gasteiger partial charge in [0, 0.05) is 11.0 Å². The minimum Gasteiger partial charge on any atom is -0.360 e. The second-order valence-electron chi connectivity index (χ2n) is 5.73. The zero-order chi connectivity index (χ0) is 15.6. The number of nitrogens with zero attached hydrogens (tertiary/aromatic N) is 1. The number of fused-ring (bicyclic) bond motifs is 1. The third-order valence-corrected chi connectivity index (χ3v) is 4.68. The smallest absolute Gasteiger partial charge is 0.126 e. The highest BCUT2D eigenvalue weighted by Crippen LogP contribution is 2.43. The number of hydrogen-bond acceptors (Lipinski definition) is 2. The summed E-state index contributed by atoms with van der Waals surface area (Å²) < 4.78 is 1.09. The zero-order valence-corrected chi connectivity index (χ0v) is 14.2. The van der Waals surface area contributed by atoms with Gasteiger partial charge in [-0.05, 0) is 29.3 Å².